The maximum atomic E-state index is 14.1. The Balaban J connectivity index is 1.60. The summed E-state index contributed by atoms with van der Waals surface area (Å²) < 4.78 is 48.3. The fourth-order valence-electron chi connectivity index (χ4n) is 5.21. The third-order valence-electron chi connectivity index (χ3n) is 6.93. The van der Waals surface area contributed by atoms with E-state index in [2.05, 4.69) is 20.3 Å². The van der Waals surface area contributed by atoms with Gasteiger partial charge in [-0.2, -0.15) is 13.2 Å². The van der Waals surface area contributed by atoms with Gasteiger partial charge >= 0.3 is 6.18 Å². The Bertz CT molecular complexity index is 1620. The first-order chi connectivity index (χ1) is 18.1. The molecule has 196 valence electrons. The van der Waals surface area contributed by atoms with Crippen LogP contribution in [0.25, 0.3) is 17.1 Å². The number of aromatic nitrogens is 2. The molecule has 0 spiro atoms. The summed E-state index contributed by atoms with van der Waals surface area (Å²) in [4.78, 5) is 14.9. The van der Waals surface area contributed by atoms with E-state index in [1.807, 2.05) is 17.0 Å². The Hall–Kier alpha value is -3.99. The first-order valence-electron chi connectivity index (χ1n) is 12.0. The first-order valence-corrected chi connectivity index (χ1v) is 12.3. The Labute approximate surface area is 220 Å². The van der Waals surface area contributed by atoms with Gasteiger partial charge in [0.25, 0.3) is 0 Å². The average molecular weight is 542 g/mol. The van der Waals surface area contributed by atoms with Gasteiger partial charge in [-0.3, -0.25) is 4.99 Å². The number of ether oxygens (including phenoxy) is 1. The molecule has 2 aliphatic heterocycles. The van der Waals surface area contributed by atoms with Crippen molar-refractivity contribution >= 4 is 29.1 Å². The van der Waals surface area contributed by atoms with Crippen molar-refractivity contribution in [3.63, 3.8) is 0 Å². The predicted octanol–water partition coefficient (Wildman–Crippen LogP) is 3.85. The molecule has 0 bridgehead atoms. The van der Waals surface area contributed by atoms with Crippen LogP contribution in [0.2, 0.25) is 5.02 Å². The van der Waals surface area contributed by atoms with Crippen molar-refractivity contribution in [2.24, 2.45) is 10.9 Å². The van der Waals surface area contributed by atoms with E-state index in [0.717, 1.165) is 18.4 Å². The van der Waals surface area contributed by atoms with Crippen LogP contribution in [-0.2, 0) is 6.18 Å². The highest BCUT2D eigenvalue weighted by Gasteiger charge is 2.40. The molecule has 0 radical (unpaired) electrons. The Morgan fingerprint density at radius 2 is 2.03 bits per heavy atom. The molecule has 4 heterocycles. The second-order valence-electron chi connectivity index (χ2n) is 9.46. The summed E-state index contributed by atoms with van der Waals surface area (Å²) in [6, 6.07) is 6.29. The number of hydrogen-bond acceptors (Lipinski definition) is 8. The Morgan fingerprint density at radius 3 is 2.74 bits per heavy atom. The van der Waals surface area contributed by atoms with Gasteiger partial charge in [0, 0.05) is 23.5 Å². The monoisotopic (exact) mass is 541 g/mol. The normalized spacial score (nSPS) is 17.2. The van der Waals surface area contributed by atoms with Gasteiger partial charge in [-0.1, -0.05) is 17.7 Å². The SMILES string of the molecule is Cc1cc(N)nc(-c2cc3c4c(c2Cl)=NCNC=4N(C(c2cccnc2N)C2CC2)C=CO3)c1C(F)(F)F. The maximum Gasteiger partial charge on any atom is 0.418 e. The number of halogens is 4. The molecule has 1 unspecified atom stereocenters. The lowest BCUT2D eigenvalue weighted by Crippen LogP contribution is -2.45. The van der Waals surface area contributed by atoms with Crippen LogP contribution in [0, 0.1) is 12.8 Å². The van der Waals surface area contributed by atoms with E-state index in [1.54, 1.807) is 12.4 Å². The molecular formula is C26H23ClF3N7O. The minimum atomic E-state index is -4.68. The van der Waals surface area contributed by atoms with E-state index in [1.165, 1.54) is 25.3 Å². The van der Waals surface area contributed by atoms with Gasteiger partial charge in [-0.05, 0) is 49.4 Å². The van der Waals surface area contributed by atoms with E-state index >= 15 is 0 Å². The molecule has 6 rings (SSSR count). The number of benzene rings is 1. The molecular weight excluding hydrogens is 519 g/mol. The van der Waals surface area contributed by atoms with Crippen LogP contribution in [0.3, 0.4) is 0 Å². The number of alkyl halides is 3. The smallest absolute Gasteiger partial charge is 0.418 e. The summed E-state index contributed by atoms with van der Waals surface area (Å²) in [6.45, 7) is 1.50. The van der Waals surface area contributed by atoms with Gasteiger partial charge in [0.15, 0.2) is 0 Å². The van der Waals surface area contributed by atoms with Crippen LogP contribution in [0.4, 0.5) is 24.8 Å². The predicted molar refractivity (Wildman–Crippen MR) is 137 cm³/mol. The fourth-order valence-corrected chi connectivity index (χ4v) is 5.51. The Morgan fingerprint density at radius 1 is 1.24 bits per heavy atom. The molecule has 12 heteroatoms. The zero-order valence-corrected chi connectivity index (χ0v) is 20.9. The fraction of sp³-hybridized carbons (Fsp3) is 0.269. The lowest BCUT2D eigenvalue weighted by Gasteiger charge is -2.33. The van der Waals surface area contributed by atoms with Crippen LogP contribution in [0.1, 0.15) is 35.6 Å². The minimum absolute atomic E-state index is 0.0278. The molecule has 3 aliphatic rings. The molecule has 1 fully saturated rings. The number of nitrogen functional groups attached to an aromatic ring is 2. The van der Waals surface area contributed by atoms with E-state index in [-0.39, 0.29) is 46.1 Å². The molecule has 5 N–H and O–H groups in total. The molecule has 2 aromatic heterocycles. The number of nitrogens with two attached hydrogens (primary N) is 2. The molecule has 1 aromatic carbocycles. The highest BCUT2D eigenvalue weighted by molar-refractivity contribution is 6.33. The van der Waals surface area contributed by atoms with Gasteiger partial charge < -0.3 is 26.4 Å². The van der Waals surface area contributed by atoms with Crippen LogP contribution >= 0.6 is 11.6 Å². The standard InChI is InChI=1S/C26H23ClF3N7O/c1-12-9-17(31)36-21(19(12)26(28,29)30)15-10-16-18-22(20(15)27)34-11-35-25(18)37(7-8-38-16)23(13-4-5-13)14-3-2-6-33-24(14)32/h2-3,6-10,13,23,35H,4-5,11H2,1H3,(H2,31,36)(H2,32,33). The summed E-state index contributed by atoms with van der Waals surface area (Å²) in [7, 11) is 0. The average Bonchev–Trinajstić information content (AvgIpc) is 3.70. The lowest BCUT2D eigenvalue weighted by atomic mass is 9.99. The van der Waals surface area contributed by atoms with Crippen molar-refractivity contribution in [1.29, 1.82) is 0 Å². The van der Waals surface area contributed by atoms with Crippen LogP contribution in [0.15, 0.2) is 47.9 Å². The number of hydrogen-bond donors (Lipinski definition) is 3. The van der Waals surface area contributed by atoms with Gasteiger partial charge in [-0.15, -0.1) is 0 Å². The van der Waals surface area contributed by atoms with Crippen LogP contribution in [0.5, 0.6) is 5.75 Å². The van der Waals surface area contributed by atoms with Crippen molar-refractivity contribution in [1.82, 2.24) is 20.2 Å². The molecule has 38 heavy (non-hydrogen) atoms. The van der Waals surface area contributed by atoms with Crippen molar-refractivity contribution in [3.05, 3.63) is 75.2 Å². The molecule has 0 saturated heterocycles. The third kappa shape index (κ3) is 3.97. The highest BCUT2D eigenvalue weighted by atomic mass is 35.5. The van der Waals surface area contributed by atoms with Crippen molar-refractivity contribution in [3.8, 4) is 17.0 Å². The molecule has 1 saturated carbocycles. The quantitative estimate of drug-likeness (QED) is 0.459. The van der Waals surface area contributed by atoms with Gasteiger partial charge in [0.1, 0.15) is 36.1 Å². The third-order valence-corrected chi connectivity index (χ3v) is 7.31. The van der Waals surface area contributed by atoms with Crippen molar-refractivity contribution in [2.45, 2.75) is 32.0 Å². The lowest BCUT2D eigenvalue weighted by molar-refractivity contribution is -0.137. The zero-order valence-electron chi connectivity index (χ0n) is 20.2. The topological polar surface area (TPSA) is 115 Å². The molecule has 3 aromatic rings. The maximum absolute atomic E-state index is 14.1. The van der Waals surface area contributed by atoms with Crippen molar-refractivity contribution in [2.75, 3.05) is 18.1 Å². The number of pyridine rings is 2. The van der Waals surface area contributed by atoms with Crippen molar-refractivity contribution < 1.29 is 17.9 Å². The number of nitrogens with one attached hydrogen (secondary N) is 1. The number of nitrogens with zero attached hydrogens (tertiary/aromatic N) is 4. The number of aryl methyl sites for hydroxylation is 1. The van der Waals surface area contributed by atoms with Gasteiger partial charge in [0.2, 0.25) is 0 Å². The van der Waals surface area contributed by atoms with E-state index in [4.69, 9.17) is 27.8 Å². The van der Waals surface area contributed by atoms with Crippen LogP contribution < -0.4 is 32.1 Å². The minimum Gasteiger partial charge on any atom is -0.463 e. The molecule has 0 amide bonds. The highest BCUT2D eigenvalue weighted by Crippen LogP contribution is 2.47. The summed E-state index contributed by atoms with van der Waals surface area (Å²) in [5, 5.41) is 4.19. The van der Waals surface area contributed by atoms with Gasteiger partial charge in [0.05, 0.1) is 32.9 Å². The second-order valence-corrected chi connectivity index (χ2v) is 9.84. The molecule has 1 atom stereocenters. The van der Waals surface area contributed by atoms with E-state index in [9.17, 15) is 13.2 Å². The Kier molecular flexibility index (Phi) is 5.64. The summed E-state index contributed by atoms with van der Waals surface area (Å²) in [5.74, 6) is 1.66. The summed E-state index contributed by atoms with van der Waals surface area (Å²) >= 11 is 6.80. The molecule has 1 aliphatic carbocycles. The first kappa shape index (κ1) is 24.4. The molecule has 8 nitrogen and oxygen atoms in total. The van der Waals surface area contributed by atoms with E-state index < -0.39 is 11.7 Å². The largest absolute Gasteiger partial charge is 0.463 e. The summed E-state index contributed by atoms with van der Waals surface area (Å²) in [5.41, 5.74) is 11.7. The number of anilines is 2. The second kappa shape index (κ2) is 8.80. The summed E-state index contributed by atoms with van der Waals surface area (Å²) in [6.07, 6.45) is 2.27. The zero-order chi connectivity index (χ0) is 26.8. The van der Waals surface area contributed by atoms with Crippen LogP contribution in [-0.4, -0.2) is 21.5 Å². The van der Waals surface area contributed by atoms with Gasteiger partial charge in [-0.25, -0.2) is 9.97 Å². The number of rotatable bonds is 4. The van der Waals surface area contributed by atoms with E-state index in [0.29, 0.717) is 28.1 Å².